The second-order valence-electron chi connectivity index (χ2n) is 8.42. The molecule has 1 amide bonds. The zero-order valence-electron chi connectivity index (χ0n) is 19.8. The fraction of sp³-hybridized carbons (Fsp3) is 0.138. The fourth-order valence-corrected chi connectivity index (χ4v) is 4.56. The number of benzene rings is 2. The molecule has 0 unspecified atom stereocenters. The zero-order valence-corrected chi connectivity index (χ0v) is 20.7. The molecule has 0 aliphatic carbocycles. The van der Waals surface area contributed by atoms with Crippen molar-refractivity contribution in [1.82, 2.24) is 9.47 Å². The van der Waals surface area contributed by atoms with E-state index in [-0.39, 0.29) is 24.8 Å². The highest BCUT2D eigenvalue weighted by Gasteiger charge is 2.20. The molecule has 7 heteroatoms. The van der Waals surface area contributed by atoms with Crippen molar-refractivity contribution in [2.24, 2.45) is 0 Å². The van der Waals surface area contributed by atoms with Crippen LogP contribution in [0.3, 0.4) is 0 Å². The lowest BCUT2D eigenvalue weighted by Crippen LogP contribution is -2.34. The van der Waals surface area contributed by atoms with Gasteiger partial charge in [0.15, 0.2) is 0 Å². The molecular formula is C29H26N2O4S. The predicted molar refractivity (Wildman–Crippen MR) is 141 cm³/mol. The normalized spacial score (nSPS) is 11.0. The van der Waals surface area contributed by atoms with Gasteiger partial charge in [0.1, 0.15) is 6.54 Å². The maximum atomic E-state index is 12.9. The van der Waals surface area contributed by atoms with Crippen LogP contribution in [0, 0.1) is 6.92 Å². The Kier molecular flexibility index (Phi) is 7.92. The lowest BCUT2D eigenvalue weighted by atomic mass is 10.1. The Morgan fingerprint density at radius 3 is 2.53 bits per heavy atom. The number of aliphatic carboxylic acids is 1. The molecule has 1 N–H and O–H groups in total. The van der Waals surface area contributed by atoms with Crippen molar-refractivity contribution in [3.63, 3.8) is 0 Å². The van der Waals surface area contributed by atoms with E-state index >= 15 is 0 Å². The van der Waals surface area contributed by atoms with E-state index in [2.05, 4.69) is 0 Å². The molecule has 4 aromatic rings. The first-order valence-electron chi connectivity index (χ1n) is 11.5. The van der Waals surface area contributed by atoms with Crippen LogP contribution in [-0.2, 0) is 17.9 Å². The molecule has 0 fully saturated rings. The minimum absolute atomic E-state index is 0.0238. The third kappa shape index (κ3) is 6.25. The summed E-state index contributed by atoms with van der Waals surface area (Å²) in [7, 11) is 0. The summed E-state index contributed by atoms with van der Waals surface area (Å²) >= 11 is 1.29. The zero-order chi connectivity index (χ0) is 25.5. The van der Waals surface area contributed by atoms with Gasteiger partial charge >= 0.3 is 5.97 Å². The summed E-state index contributed by atoms with van der Waals surface area (Å²) in [6, 6.07) is 22.3. The van der Waals surface area contributed by atoms with E-state index < -0.39 is 5.97 Å². The van der Waals surface area contributed by atoms with E-state index in [1.807, 2.05) is 90.5 Å². The van der Waals surface area contributed by atoms with Crippen LogP contribution in [0.5, 0.6) is 0 Å². The predicted octanol–water partition coefficient (Wildman–Crippen LogP) is 5.53. The van der Waals surface area contributed by atoms with Crippen LogP contribution in [-0.4, -0.2) is 38.8 Å². The Hall–Kier alpha value is -4.23. The van der Waals surface area contributed by atoms with Gasteiger partial charge in [0.05, 0.1) is 10.6 Å². The molecule has 0 aliphatic rings. The highest BCUT2D eigenvalue weighted by molar-refractivity contribution is 7.12. The van der Waals surface area contributed by atoms with Crippen molar-refractivity contribution in [3.8, 4) is 0 Å². The summed E-state index contributed by atoms with van der Waals surface area (Å²) in [6.45, 7) is 2.33. The Bertz CT molecular complexity index is 1380. The average molecular weight is 499 g/mol. The second kappa shape index (κ2) is 11.5. The van der Waals surface area contributed by atoms with E-state index in [1.54, 1.807) is 17.5 Å². The van der Waals surface area contributed by atoms with Gasteiger partial charge in [-0.2, -0.15) is 0 Å². The first-order valence-corrected chi connectivity index (χ1v) is 12.4. The maximum Gasteiger partial charge on any atom is 0.323 e. The summed E-state index contributed by atoms with van der Waals surface area (Å²) < 4.78 is 1.90. The molecular weight excluding hydrogens is 472 g/mol. The van der Waals surface area contributed by atoms with Crippen LogP contribution in [0.2, 0.25) is 0 Å². The first-order chi connectivity index (χ1) is 17.4. The topological polar surface area (TPSA) is 79.6 Å². The van der Waals surface area contributed by atoms with Crippen LogP contribution in [0.15, 0.2) is 90.4 Å². The summed E-state index contributed by atoms with van der Waals surface area (Å²) in [4.78, 5) is 38.9. The van der Waals surface area contributed by atoms with Crippen LogP contribution >= 0.6 is 11.3 Å². The average Bonchev–Trinajstić information content (AvgIpc) is 3.56. The Morgan fingerprint density at radius 1 is 1.00 bits per heavy atom. The molecule has 0 radical (unpaired) electrons. The number of rotatable bonds is 10. The number of carboxylic acids is 1. The number of ketones is 1. The van der Waals surface area contributed by atoms with Crippen LogP contribution in [0.1, 0.15) is 42.4 Å². The molecule has 2 aromatic heterocycles. The van der Waals surface area contributed by atoms with Gasteiger partial charge in [-0.05, 0) is 47.7 Å². The third-order valence-corrected chi connectivity index (χ3v) is 6.52. The van der Waals surface area contributed by atoms with Crippen molar-refractivity contribution in [2.75, 3.05) is 6.54 Å². The van der Waals surface area contributed by atoms with Crippen molar-refractivity contribution < 1.29 is 19.5 Å². The number of hydrogen-bond donors (Lipinski definition) is 1. The SMILES string of the molecule is Cc1ccc(C(=O)c2cccn2C/C=C/c2cccc(CN(CC(=O)O)C(=O)c3cccs3)c2)cc1. The quantitative estimate of drug-likeness (QED) is 0.292. The minimum Gasteiger partial charge on any atom is -0.480 e. The van der Waals surface area contributed by atoms with E-state index in [0.29, 0.717) is 22.7 Å². The molecule has 0 saturated carbocycles. The van der Waals surface area contributed by atoms with Gasteiger partial charge in [0.25, 0.3) is 5.91 Å². The van der Waals surface area contributed by atoms with Crippen molar-refractivity contribution in [1.29, 1.82) is 0 Å². The molecule has 2 aromatic carbocycles. The third-order valence-electron chi connectivity index (χ3n) is 5.66. The molecule has 2 heterocycles. The molecule has 0 atom stereocenters. The van der Waals surface area contributed by atoms with Crippen molar-refractivity contribution in [3.05, 3.63) is 123 Å². The van der Waals surface area contributed by atoms with E-state index in [4.69, 9.17) is 0 Å². The number of carbonyl (C=O) groups is 3. The van der Waals surface area contributed by atoms with Gasteiger partial charge in [-0.25, -0.2) is 0 Å². The Balaban J connectivity index is 1.44. The summed E-state index contributed by atoms with van der Waals surface area (Å²) in [5.41, 5.74) is 4.13. The van der Waals surface area contributed by atoms with Crippen LogP contribution < -0.4 is 0 Å². The van der Waals surface area contributed by atoms with Gasteiger partial charge in [-0.3, -0.25) is 14.4 Å². The van der Waals surface area contributed by atoms with Gasteiger partial charge < -0.3 is 14.6 Å². The molecule has 0 bridgehead atoms. The highest BCUT2D eigenvalue weighted by atomic mass is 32.1. The smallest absolute Gasteiger partial charge is 0.323 e. The monoisotopic (exact) mass is 498 g/mol. The number of allylic oxidation sites excluding steroid dienone is 1. The Labute approximate surface area is 213 Å². The number of amides is 1. The Morgan fingerprint density at radius 2 is 1.81 bits per heavy atom. The summed E-state index contributed by atoms with van der Waals surface area (Å²) in [6.07, 6.45) is 5.80. The molecule has 0 saturated heterocycles. The lowest BCUT2D eigenvalue weighted by molar-refractivity contribution is -0.137. The first kappa shape index (κ1) is 24.9. The molecule has 36 heavy (non-hydrogen) atoms. The second-order valence-corrected chi connectivity index (χ2v) is 9.37. The number of nitrogens with zero attached hydrogens (tertiary/aromatic N) is 2. The standard InChI is InChI=1S/C29H26N2O4S/c1-21-11-13-24(14-12-21)28(34)25-9-4-16-30(25)15-3-8-22-6-2-7-23(18-22)19-31(20-27(32)33)29(35)26-10-5-17-36-26/h2-14,16-18H,15,19-20H2,1H3,(H,32,33)/b8-3+. The largest absolute Gasteiger partial charge is 0.480 e. The number of aryl methyl sites for hydroxylation is 1. The summed E-state index contributed by atoms with van der Waals surface area (Å²) in [5.74, 6) is -1.38. The molecule has 6 nitrogen and oxygen atoms in total. The lowest BCUT2D eigenvalue weighted by Gasteiger charge is -2.20. The number of hydrogen-bond acceptors (Lipinski definition) is 4. The van der Waals surface area contributed by atoms with Gasteiger partial charge in [0, 0.05) is 24.8 Å². The maximum absolute atomic E-state index is 12.9. The number of carbonyl (C=O) groups excluding carboxylic acids is 2. The van der Waals surface area contributed by atoms with Crippen LogP contribution in [0.4, 0.5) is 0 Å². The fourth-order valence-electron chi connectivity index (χ4n) is 3.87. The van der Waals surface area contributed by atoms with Gasteiger partial charge in [-0.15, -0.1) is 11.3 Å². The minimum atomic E-state index is -1.06. The molecule has 182 valence electrons. The van der Waals surface area contributed by atoms with E-state index in [1.165, 1.54) is 16.2 Å². The van der Waals surface area contributed by atoms with Crippen LogP contribution in [0.25, 0.3) is 6.08 Å². The van der Waals surface area contributed by atoms with Gasteiger partial charge in [0.2, 0.25) is 5.78 Å². The molecule has 0 aliphatic heterocycles. The number of carboxylic acid groups (broad SMARTS) is 1. The van der Waals surface area contributed by atoms with Crippen molar-refractivity contribution in [2.45, 2.75) is 20.0 Å². The van der Waals surface area contributed by atoms with Gasteiger partial charge in [-0.1, -0.05) is 66.2 Å². The highest BCUT2D eigenvalue weighted by Crippen LogP contribution is 2.17. The number of aromatic nitrogens is 1. The summed E-state index contributed by atoms with van der Waals surface area (Å²) in [5, 5.41) is 11.1. The van der Waals surface area contributed by atoms with Crippen molar-refractivity contribution >= 4 is 35.1 Å². The van der Waals surface area contributed by atoms with E-state index in [0.717, 1.165) is 16.7 Å². The van der Waals surface area contributed by atoms with E-state index in [9.17, 15) is 19.5 Å². The molecule has 4 rings (SSSR count). The molecule has 0 spiro atoms. The number of thiophene rings is 1.